The van der Waals surface area contributed by atoms with Crippen LogP contribution in [0.25, 0.3) is 0 Å². The molecule has 11 heteroatoms. The van der Waals surface area contributed by atoms with Crippen molar-refractivity contribution >= 4 is 25.0 Å². The molecule has 0 aliphatic carbocycles. The van der Waals surface area contributed by atoms with E-state index >= 15 is 0 Å². The maximum absolute atomic E-state index is 12.4. The summed E-state index contributed by atoms with van der Waals surface area (Å²) in [6, 6.07) is 2.50. The Morgan fingerprint density at radius 3 is 2.81 bits per heavy atom. The number of methoxy groups -OCH3 is 1. The van der Waals surface area contributed by atoms with Crippen LogP contribution in [-0.2, 0) is 11.2 Å². The number of carbonyl (C=O) groups excluding carboxylic acids is 2. The van der Waals surface area contributed by atoms with Crippen LogP contribution >= 0.6 is 0 Å². The fourth-order valence-corrected chi connectivity index (χ4v) is 3.24. The van der Waals surface area contributed by atoms with Gasteiger partial charge in [-0.1, -0.05) is 6.07 Å². The normalized spacial score (nSPS) is 19.5. The summed E-state index contributed by atoms with van der Waals surface area (Å²) in [6.07, 6.45) is 0.0642. The van der Waals surface area contributed by atoms with E-state index in [1.807, 2.05) is 0 Å². The molecule has 1 saturated heterocycles. The van der Waals surface area contributed by atoms with Crippen LogP contribution in [0.4, 0.5) is 4.79 Å². The minimum absolute atomic E-state index is 0.0292. The standard InChI is InChI=1S/C15H18BN3O7/c1-25-9-3-2-8-6-10(16(24)26-13(8)12(9)14(21)22)19-11(20)7-18(5-4-17)15(19)23/h2-3,10,24H,4-7,17H2,1H3,(H,21,22)/t10-/m0/s1. The number of fused-ring (bicyclic) bond motifs is 1. The van der Waals surface area contributed by atoms with Crippen molar-refractivity contribution in [3.05, 3.63) is 23.3 Å². The molecule has 0 unspecified atom stereocenters. The summed E-state index contributed by atoms with van der Waals surface area (Å²) in [5.74, 6) is -2.64. The third-order valence-electron chi connectivity index (χ3n) is 4.43. The Kier molecular flexibility index (Phi) is 4.74. The molecule has 2 aliphatic heterocycles. The van der Waals surface area contributed by atoms with Crippen molar-refractivity contribution in [2.45, 2.75) is 12.4 Å². The predicted molar refractivity (Wildman–Crippen MR) is 88.9 cm³/mol. The lowest BCUT2D eigenvalue weighted by Gasteiger charge is -2.33. The van der Waals surface area contributed by atoms with Gasteiger partial charge in [0.1, 0.15) is 23.6 Å². The number of carboxylic acids is 1. The van der Waals surface area contributed by atoms with Gasteiger partial charge in [-0.3, -0.25) is 9.69 Å². The summed E-state index contributed by atoms with van der Waals surface area (Å²) in [6.45, 7) is 0.317. The number of aromatic carboxylic acids is 1. The van der Waals surface area contributed by atoms with Crippen molar-refractivity contribution in [1.82, 2.24) is 9.80 Å². The molecule has 2 heterocycles. The van der Waals surface area contributed by atoms with Crippen molar-refractivity contribution in [2.24, 2.45) is 5.73 Å². The van der Waals surface area contributed by atoms with E-state index in [0.717, 1.165) is 4.90 Å². The maximum atomic E-state index is 12.4. The Morgan fingerprint density at radius 2 is 2.19 bits per heavy atom. The number of imide groups is 1. The van der Waals surface area contributed by atoms with Crippen molar-refractivity contribution in [2.75, 3.05) is 26.7 Å². The zero-order valence-electron chi connectivity index (χ0n) is 14.0. The van der Waals surface area contributed by atoms with E-state index in [1.165, 1.54) is 18.1 Å². The molecular formula is C15H18BN3O7. The molecule has 1 fully saturated rings. The van der Waals surface area contributed by atoms with E-state index < -0.39 is 31.0 Å². The molecule has 3 amide bonds. The van der Waals surface area contributed by atoms with Crippen LogP contribution in [0.5, 0.6) is 11.5 Å². The summed E-state index contributed by atoms with van der Waals surface area (Å²) in [5.41, 5.74) is 5.68. The first kappa shape index (κ1) is 18.0. The largest absolute Gasteiger partial charge is 0.547 e. The topological polar surface area (TPSA) is 143 Å². The fraction of sp³-hybridized carbons (Fsp3) is 0.400. The lowest BCUT2D eigenvalue weighted by molar-refractivity contribution is -0.126. The van der Waals surface area contributed by atoms with E-state index in [1.54, 1.807) is 6.07 Å². The van der Waals surface area contributed by atoms with E-state index in [4.69, 9.17) is 15.1 Å². The highest BCUT2D eigenvalue weighted by atomic mass is 16.5. The smallest absolute Gasteiger partial charge is 0.534 e. The molecule has 1 aromatic rings. The minimum Gasteiger partial charge on any atom is -0.534 e. The number of ether oxygens (including phenoxy) is 1. The Hall–Kier alpha value is -2.79. The van der Waals surface area contributed by atoms with E-state index in [9.17, 15) is 24.5 Å². The van der Waals surface area contributed by atoms with Gasteiger partial charge in [0.05, 0.1) is 13.1 Å². The second-order valence-electron chi connectivity index (χ2n) is 5.97. The number of urea groups is 1. The van der Waals surface area contributed by atoms with Crippen molar-refractivity contribution < 1.29 is 33.9 Å². The van der Waals surface area contributed by atoms with Gasteiger partial charge in [0, 0.05) is 13.1 Å². The van der Waals surface area contributed by atoms with Gasteiger partial charge >= 0.3 is 19.1 Å². The summed E-state index contributed by atoms with van der Waals surface area (Å²) in [5, 5.41) is 19.8. The molecule has 4 N–H and O–H groups in total. The minimum atomic E-state index is -1.56. The quantitative estimate of drug-likeness (QED) is 0.444. The summed E-state index contributed by atoms with van der Waals surface area (Å²) < 4.78 is 10.4. The highest BCUT2D eigenvalue weighted by Gasteiger charge is 2.49. The number of nitrogens with two attached hydrogens (primary N) is 1. The highest BCUT2D eigenvalue weighted by Crippen LogP contribution is 2.37. The summed E-state index contributed by atoms with van der Waals surface area (Å²) >= 11 is 0. The molecule has 26 heavy (non-hydrogen) atoms. The molecule has 3 rings (SSSR count). The molecule has 0 aromatic heterocycles. The van der Waals surface area contributed by atoms with Crippen molar-refractivity contribution in [3.8, 4) is 11.5 Å². The molecule has 2 aliphatic rings. The van der Waals surface area contributed by atoms with Gasteiger partial charge in [0.25, 0.3) is 0 Å². The second-order valence-corrected chi connectivity index (χ2v) is 5.97. The SMILES string of the molecule is COc1ccc2c(c1C(=O)O)OB(O)[C@@H](N1C(=O)CN(CCN)C1=O)C2. The van der Waals surface area contributed by atoms with Gasteiger partial charge in [-0.15, -0.1) is 0 Å². The number of amides is 3. The lowest BCUT2D eigenvalue weighted by Crippen LogP contribution is -2.55. The second kappa shape index (κ2) is 6.85. The fourth-order valence-electron chi connectivity index (χ4n) is 3.24. The van der Waals surface area contributed by atoms with Gasteiger partial charge < -0.3 is 30.2 Å². The third kappa shape index (κ3) is 2.84. The van der Waals surface area contributed by atoms with E-state index in [-0.39, 0.29) is 43.1 Å². The highest BCUT2D eigenvalue weighted by molar-refractivity contribution is 6.47. The molecule has 1 atom stereocenters. The van der Waals surface area contributed by atoms with Crippen LogP contribution in [0, 0.1) is 0 Å². The Balaban J connectivity index is 1.94. The monoisotopic (exact) mass is 363 g/mol. The van der Waals surface area contributed by atoms with Crippen molar-refractivity contribution in [1.29, 1.82) is 0 Å². The van der Waals surface area contributed by atoms with Crippen LogP contribution in [0.2, 0.25) is 0 Å². The van der Waals surface area contributed by atoms with Gasteiger partial charge in [-0.2, -0.15) is 0 Å². The Bertz CT molecular complexity index is 772. The van der Waals surface area contributed by atoms with Crippen LogP contribution in [-0.4, -0.2) is 77.6 Å². The number of hydrogen-bond acceptors (Lipinski definition) is 7. The van der Waals surface area contributed by atoms with Crippen LogP contribution in [0.15, 0.2) is 12.1 Å². The molecule has 0 saturated carbocycles. The predicted octanol–water partition coefficient (Wildman–Crippen LogP) is -1.06. The average Bonchev–Trinajstić information content (AvgIpc) is 2.87. The number of benzene rings is 1. The molecule has 0 spiro atoms. The third-order valence-corrected chi connectivity index (χ3v) is 4.43. The van der Waals surface area contributed by atoms with Crippen LogP contribution in [0.3, 0.4) is 0 Å². The van der Waals surface area contributed by atoms with E-state index in [0.29, 0.717) is 5.56 Å². The van der Waals surface area contributed by atoms with E-state index in [2.05, 4.69) is 0 Å². The number of carboxylic acid groups (broad SMARTS) is 1. The van der Waals surface area contributed by atoms with Crippen LogP contribution < -0.4 is 15.1 Å². The molecule has 0 bridgehead atoms. The zero-order valence-corrected chi connectivity index (χ0v) is 14.0. The van der Waals surface area contributed by atoms with Gasteiger partial charge in [0.2, 0.25) is 5.91 Å². The Morgan fingerprint density at radius 1 is 1.46 bits per heavy atom. The molecule has 1 aromatic carbocycles. The number of carbonyl (C=O) groups is 3. The number of nitrogens with zero attached hydrogens (tertiary/aromatic N) is 2. The first-order valence-corrected chi connectivity index (χ1v) is 7.98. The first-order chi connectivity index (χ1) is 12.4. The summed E-state index contributed by atoms with van der Waals surface area (Å²) in [7, 11) is -0.234. The van der Waals surface area contributed by atoms with Crippen molar-refractivity contribution in [3.63, 3.8) is 0 Å². The maximum Gasteiger partial charge on any atom is 0.547 e. The molecular weight excluding hydrogens is 345 g/mol. The van der Waals surface area contributed by atoms with Gasteiger partial charge in [-0.25, -0.2) is 9.59 Å². The molecule has 10 nitrogen and oxygen atoms in total. The van der Waals surface area contributed by atoms with Gasteiger partial charge in [0.15, 0.2) is 0 Å². The zero-order chi connectivity index (χ0) is 19.0. The number of rotatable bonds is 5. The average molecular weight is 363 g/mol. The Labute approximate surface area is 149 Å². The summed E-state index contributed by atoms with van der Waals surface area (Å²) in [4.78, 5) is 38.5. The van der Waals surface area contributed by atoms with Gasteiger partial charge in [-0.05, 0) is 18.1 Å². The lowest BCUT2D eigenvalue weighted by atomic mass is 9.71. The molecule has 138 valence electrons. The number of hydrogen-bond donors (Lipinski definition) is 3. The molecule has 0 radical (unpaired) electrons. The van der Waals surface area contributed by atoms with Crippen LogP contribution in [0.1, 0.15) is 15.9 Å². The first-order valence-electron chi connectivity index (χ1n) is 7.98.